The number of rotatable bonds is 2. The van der Waals surface area contributed by atoms with Crippen LogP contribution < -0.4 is 5.32 Å². The molecule has 5 heteroatoms. The Kier molecular flexibility index (Phi) is 3.60. The van der Waals surface area contributed by atoms with Crippen LogP contribution in [0.3, 0.4) is 0 Å². The number of carbonyl (C=O) groups is 1. The molecule has 4 nitrogen and oxygen atoms in total. The quantitative estimate of drug-likeness (QED) is 0.767. The van der Waals surface area contributed by atoms with Crippen LogP contribution in [-0.2, 0) is 4.79 Å². The molecule has 4 rings (SSSR count). The molecule has 116 valence electrons. The van der Waals surface area contributed by atoms with Crippen molar-refractivity contribution in [1.29, 1.82) is 5.26 Å². The first-order chi connectivity index (χ1) is 11.8. The van der Waals surface area contributed by atoms with E-state index in [-0.39, 0.29) is 11.8 Å². The molecule has 0 fully saturated rings. The number of nitrogens with one attached hydrogen (secondary N) is 1. The molecule has 1 unspecified atom stereocenters. The Morgan fingerprint density at radius 1 is 1.12 bits per heavy atom. The minimum atomic E-state index is -0.0172. The summed E-state index contributed by atoms with van der Waals surface area (Å²) < 4.78 is 4.59. The van der Waals surface area contributed by atoms with E-state index in [1.165, 1.54) is 11.5 Å². The van der Waals surface area contributed by atoms with Gasteiger partial charge in [0.05, 0.1) is 22.2 Å². The zero-order chi connectivity index (χ0) is 16.5. The van der Waals surface area contributed by atoms with Gasteiger partial charge in [0.15, 0.2) is 0 Å². The third-order valence-corrected chi connectivity index (χ3v) is 5.14. The maximum absolute atomic E-state index is 12.2. The van der Waals surface area contributed by atoms with Crippen molar-refractivity contribution in [2.75, 3.05) is 5.32 Å². The summed E-state index contributed by atoms with van der Waals surface area (Å²) in [6.07, 6.45) is 0.398. The molecule has 1 aliphatic heterocycles. The fraction of sp³-hybridized carbons (Fsp3) is 0.105. The van der Waals surface area contributed by atoms with Gasteiger partial charge in [0.25, 0.3) is 0 Å². The Bertz CT molecular complexity index is 939. The number of carbonyl (C=O) groups excluding carboxylic acids is 1. The highest BCUT2D eigenvalue weighted by molar-refractivity contribution is 7.07. The predicted molar refractivity (Wildman–Crippen MR) is 93.8 cm³/mol. The molecule has 1 N–H and O–H groups in total. The first-order valence-corrected chi connectivity index (χ1v) is 8.38. The van der Waals surface area contributed by atoms with E-state index in [0.717, 1.165) is 27.4 Å². The standard InChI is InChI=1S/C19H13N3OS/c20-11-12-6-8-13(9-7-12)15-10-16(23)21-18-17(22-24-19(15)18)14-4-2-1-3-5-14/h1-9,15H,10H2,(H,21,23). The van der Waals surface area contributed by atoms with Crippen LogP contribution in [0.15, 0.2) is 54.6 Å². The lowest BCUT2D eigenvalue weighted by Crippen LogP contribution is -2.22. The maximum Gasteiger partial charge on any atom is 0.225 e. The first kappa shape index (κ1) is 14.6. The van der Waals surface area contributed by atoms with Crippen molar-refractivity contribution in [2.45, 2.75) is 12.3 Å². The van der Waals surface area contributed by atoms with Crippen molar-refractivity contribution in [3.05, 3.63) is 70.6 Å². The summed E-state index contributed by atoms with van der Waals surface area (Å²) >= 11 is 1.43. The van der Waals surface area contributed by atoms with Gasteiger partial charge in [-0.05, 0) is 29.2 Å². The summed E-state index contributed by atoms with van der Waals surface area (Å²) in [4.78, 5) is 13.3. The van der Waals surface area contributed by atoms with Gasteiger partial charge in [-0.15, -0.1) is 0 Å². The van der Waals surface area contributed by atoms with Crippen molar-refractivity contribution in [3.63, 3.8) is 0 Å². The minimum absolute atomic E-state index is 0.00533. The fourth-order valence-electron chi connectivity index (χ4n) is 2.98. The molecular formula is C19H13N3OS. The van der Waals surface area contributed by atoms with Crippen LogP contribution in [0.4, 0.5) is 5.69 Å². The summed E-state index contributed by atoms with van der Waals surface area (Å²) in [6.45, 7) is 0. The van der Waals surface area contributed by atoms with Gasteiger partial charge >= 0.3 is 0 Å². The molecule has 0 radical (unpaired) electrons. The summed E-state index contributed by atoms with van der Waals surface area (Å²) in [6, 6.07) is 19.4. The highest BCUT2D eigenvalue weighted by Crippen LogP contribution is 2.44. The average Bonchev–Trinajstić information content (AvgIpc) is 3.05. The Morgan fingerprint density at radius 2 is 1.88 bits per heavy atom. The van der Waals surface area contributed by atoms with Crippen LogP contribution in [0, 0.1) is 11.3 Å². The molecule has 2 heterocycles. The molecule has 3 aromatic rings. The first-order valence-electron chi connectivity index (χ1n) is 7.61. The zero-order valence-electron chi connectivity index (χ0n) is 12.7. The van der Waals surface area contributed by atoms with Crippen molar-refractivity contribution in [3.8, 4) is 17.3 Å². The number of nitriles is 1. The number of anilines is 1. The molecular weight excluding hydrogens is 318 g/mol. The topological polar surface area (TPSA) is 65.8 Å². The van der Waals surface area contributed by atoms with E-state index in [1.54, 1.807) is 12.1 Å². The number of amides is 1. The minimum Gasteiger partial charge on any atom is -0.323 e. The summed E-state index contributed by atoms with van der Waals surface area (Å²) in [5.41, 5.74) is 4.29. The zero-order valence-corrected chi connectivity index (χ0v) is 13.5. The molecule has 1 atom stereocenters. The van der Waals surface area contributed by atoms with Gasteiger partial charge in [0, 0.05) is 17.9 Å². The maximum atomic E-state index is 12.2. The van der Waals surface area contributed by atoms with Gasteiger partial charge < -0.3 is 5.32 Å². The van der Waals surface area contributed by atoms with E-state index >= 15 is 0 Å². The number of benzene rings is 2. The molecule has 0 saturated heterocycles. The van der Waals surface area contributed by atoms with E-state index in [0.29, 0.717) is 12.0 Å². The highest BCUT2D eigenvalue weighted by atomic mass is 32.1. The van der Waals surface area contributed by atoms with Crippen LogP contribution >= 0.6 is 11.5 Å². The van der Waals surface area contributed by atoms with Gasteiger partial charge in [-0.1, -0.05) is 42.5 Å². The van der Waals surface area contributed by atoms with E-state index in [2.05, 4.69) is 15.8 Å². The number of hydrogen-bond donors (Lipinski definition) is 1. The van der Waals surface area contributed by atoms with Gasteiger partial charge in [-0.3, -0.25) is 4.79 Å². The second kappa shape index (κ2) is 5.91. The predicted octanol–water partition coefficient (Wildman–Crippen LogP) is 4.16. The molecule has 2 aromatic carbocycles. The highest BCUT2D eigenvalue weighted by Gasteiger charge is 2.31. The van der Waals surface area contributed by atoms with Gasteiger partial charge in [0.1, 0.15) is 5.69 Å². The lowest BCUT2D eigenvalue weighted by molar-refractivity contribution is -0.116. The molecule has 0 spiro atoms. The van der Waals surface area contributed by atoms with Crippen molar-refractivity contribution >= 4 is 23.1 Å². The third-order valence-electron chi connectivity index (χ3n) is 4.18. The van der Waals surface area contributed by atoms with Crippen LogP contribution in [0.1, 0.15) is 28.3 Å². The van der Waals surface area contributed by atoms with Crippen molar-refractivity contribution < 1.29 is 4.79 Å². The number of fused-ring (bicyclic) bond motifs is 1. The molecule has 1 aromatic heterocycles. The van der Waals surface area contributed by atoms with Crippen molar-refractivity contribution in [2.24, 2.45) is 0 Å². The molecule has 1 amide bonds. The van der Waals surface area contributed by atoms with E-state index in [1.807, 2.05) is 42.5 Å². The SMILES string of the molecule is N#Cc1ccc(C2CC(=O)Nc3c(-c4ccccc4)nsc32)cc1. The van der Waals surface area contributed by atoms with Crippen LogP contribution in [0.5, 0.6) is 0 Å². The summed E-state index contributed by atoms with van der Waals surface area (Å²) in [7, 11) is 0. The summed E-state index contributed by atoms with van der Waals surface area (Å²) in [5, 5.41) is 11.9. The van der Waals surface area contributed by atoms with Crippen LogP contribution in [0.25, 0.3) is 11.3 Å². The Balaban J connectivity index is 1.79. The largest absolute Gasteiger partial charge is 0.323 e. The smallest absolute Gasteiger partial charge is 0.225 e. The monoisotopic (exact) mass is 331 g/mol. The third kappa shape index (κ3) is 2.47. The van der Waals surface area contributed by atoms with Gasteiger partial charge in [-0.25, -0.2) is 0 Å². The lowest BCUT2D eigenvalue weighted by atomic mass is 9.89. The lowest BCUT2D eigenvalue weighted by Gasteiger charge is -2.23. The van der Waals surface area contributed by atoms with Gasteiger partial charge in [0.2, 0.25) is 5.91 Å². The summed E-state index contributed by atoms with van der Waals surface area (Å²) in [5.74, 6) is -0.0225. The molecule has 1 aliphatic rings. The fourth-order valence-corrected chi connectivity index (χ4v) is 3.95. The number of aromatic nitrogens is 1. The second-order valence-corrected chi connectivity index (χ2v) is 6.48. The Labute approximate surface area is 143 Å². The Morgan fingerprint density at radius 3 is 2.58 bits per heavy atom. The van der Waals surface area contributed by atoms with E-state index in [9.17, 15) is 4.79 Å². The molecule has 0 saturated carbocycles. The molecule has 0 bridgehead atoms. The number of hydrogen-bond acceptors (Lipinski definition) is 4. The van der Waals surface area contributed by atoms with E-state index < -0.39 is 0 Å². The molecule has 0 aliphatic carbocycles. The van der Waals surface area contributed by atoms with Crippen LogP contribution in [-0.4, -0.2) is 10.3 Å². The Hall–Kier alpha value is -2.97. The average molecular weight is 331 g/mol. The molecule has 24 heavy (non-hydrogen) atoms. The normalized spacial score (nSPS) is 16.1. The second-order valence-electron chi connectivity index (χ2n) is 5.68. The number of nitrogens with zero attached hydrogens (tertiary/aromatic N) is 2. The van der Waals surface area contributed by atoms with Crippen LogP contribution in [0.2, 0.25) is 0 Å². The van der Waals surface area contributed by atoms with Gasteiger partial charge in [-0.2, -0.15) is 9.64 Å². The van der Waals surface area contributed by atoms with Crippen molar-refractivity contribution in [1.82, 2.24) is 4.37 Å². The van der Waals surface area contributed by atoms with E-state index in [4.69, 9.17) is 5.26 Å².